The number of hydrogen-bond acceptors (Lipinski definition) is 1. The van der Waals surface area contributed by atoms with Gasteiger partial charge in [0.2, 0.25) is 5.91 Å². The summed E-state index contributed by atoms with van der Waals surface area (Å²) in [6.07, 6.45) is 5.78. The molecule has 1 N–H and O–H groups in total. The average Bonchev–Trinajstić information content (AvgIpc) is 2.83. The number of nitrogens with one attached hydrogen (secondary N) is 1. The summed E-state index contributed by atoms with van der Waals surface area (Å²) in [7, 11) is 0. The highest BCUT2D eigenvalue weighted by molar-refractivity contribution is 5.81. The minimum Gasteiger partial charge on any atom is -0.352 e. The highest BCUT2D eigenvalue weighted by atomic mass is 16.2. The fourth-order valence-electron chi connectivity index (χ4n) is 0.977. The van der Waals surface area contributed by atoms with Crippen LogP contribution in [0.2, 0.25) is 0 Å². The lowest BCUT2D eigenvalue weighted by atomic mass is 10.2. The Morgan fingerprint density at radius 1 is 1.67 bits per heavy atom. The van der Waals surface area contributed by atoms with Crippen LogP contribution >= 0.6 is 0 Å². The van der Waals surface area contributed by atoms with E-state index in [4.69, 9.17) is 0 Å². The van der Waals surface area contributed by atoms with Crippen molar-refractivity contribution >= 4 is 5.91 Å². The van der Waals surface area contributed by atoms with E-state index in [1.807, 2.05) is 13.0 Å². The van der Waals surface area contributed by atoms with E-state index in [-0.39, 0.29) is 5.91 Å². The normalized spacial score (nSPS) is 17.2. The van der Waals surface area contributed by atoms with Gasteiger partial charge in [0.1, 0.15) is 0 Å². The van der Waals surface area contributed by atoms with Crippen molar-refractivity contribution in [3.63, 3.8) is 0 Å². The van der Waals surface area contributed by atoms with Gasteiger partial charge in [0.15, 0.2) is 0 Å². The third-order valence-electron chi connectivity index (χ3n) is 1.89. The van der Waals surface area contributed by atoms with Crippen LogP contribution in [0.15, 0.2) is 24.3 Å². The summed E-state index contributed by atoms with van der Waals surface area (Å²) in [5, 5.41) is 2.87. The Hall–Kier alpha value is -1.05. The second kappa shape index (κ2) is 4.10. The molecule has 1 aliphatic rings. The number of carbonyl (C=O) groups is 1. The molecule has 0 unspecified atom stereocenters. The molecule has 12 heavy (non-hydrogen) atoms. The van der Waals surface area contributed by atoms with E-state index in [2.05, 4.69) is 11.9 Å². The van der Waals surface area contributed by atoms with Crippen LogP contribution in [0.1, 0.15) is 19.8 Å². The lowest BCUT2D eigenvalue weighted by molar-refractivity contribution is -0.122. The summed E-state index contributed by atoms with van der Waals surface area (Å²) < 4.78 is 0. The molecule has 0 bridgehead atoms. The zero-order valence-electron chi connectivity index (χ0n) is 7.47. The molecule has 0 heterocycles. The van der Waals surface area contributed by atoms with Gasteiger partial charge in [-0.15, -0.1) is 0 Å². The SMILES string of the molecule is C=C/C=C(\C)CNC(=O)C1CC1. The molecular weight excluding hydrogens is 150 g/mol. The standard InChI is InChI=1S/C10H15NO/c1-3-4-8(2)7-11-10(12)9-5-6-9/h3-4,9H,1,5-7H2,2H3,(H,11,12)/b8-4+. The first kappa shape index (κ1) is 9.04. The maximum atomic E-state index is 11.1. The van der Waals surface area contributed by atoms with Gasteiger partial charge in [-0.1, -0.05) is 24.3 Å². The van der Waals surface area contributed by atoms with Crippen LogP contribution in [0.3, 0.4) is 0 Å². The van der Waals surface area contributed by atoms with Crippen molar-refractivity contribution in [3.05, 3.63) is 24.3 Å². The molecule has 0 atom stereocenters. The van der Waals surface area contributed by atoms with Crippen molar-refractivity contribution < 1.29 is 4.79 Å². The largest absolute Gasteiger partial charge is 0.352 e. The van der Waals surface area contributed by atoms with Crippen molar-refractivity contribution in [1.82, 2.24) is 5.32 Å². The quantitative estimate of drug-likeness (QED) is 0.630. The van der Waals surface area contributed by atoms with E-state index in [0.29, 0.717) is 12.5 Å². The van der Waals surface area contributed by atoms with Gasteiger partial charge in [-0.2, -0.15) is 0 Å². The fraction of sp³-hybridized carbons (Fsp3) is 0.500. The Kier molecular flexibility index (Phi) is 3.09. The molecule has 0 saturated heterocycles. The average molecular weight is 165 g/mol. The molecule has 0 aliphatic heterocycles. The van der Waals surface area contributed by atoms with Crippen molar-refractivity contribution in [2.45, 2.75) is 19.8 Å². The maximum Gasteiger partial charge on any atom is 0.223 e. The number of allylic oxidation sites excluding steroid dienone is 2. The summed E-state index contributed by atoms with van der Waals surface area (Å²) >= 11 is 0. The summed E-state index contributed by atoms with van der Waals surface area (Å²) in [5.41, 5.74) is 1.14. The van der Waals surface area contributed by atoms with Crippen molar-refractivity contribution in [1.29, 1.82) is 0 Å². The zero-order valence-corrected chi connectivity index (χ0v) is 7.47. The molecule has 0 spiro atoms. The van der Waals surface area contributed by atoms with Gasteiger partial charge in [-0.05, 0) is 19.8 Å². The van der Waals surface area contributed by atoms with Crippen molar-refractivity contribution in [2.24, 2.45) is 5.92 Å². The molecule has 1 fully saturated rings. The molecule has 66 valence electrons. The number of rotatable bonds is 4. The van der Waals surface area contributed by atoms with Crippen LogP contribution in [-0.2, 0) is 4.79 Å². The van der Waals surface area contributed by atoms with E-state index in [1.165, 1.54) is 0 Å². The number of carbonyl (C=O) groups excluding carboxylic acids is 1. The van der Waals surface area contributed by atoms with Gasteiger partial charge in [0.25, 0.3) is 0 Å². The smallest absolute Gasteiger partial charge is 0.223 e. The lowest BCUT2D eigenvalue weighted by Crippen LogP contribution is -2.26. The monoisotopic (exact) mass is 165 g/mol. The fourth-order valence-corrected chi connectivity index (χ4v) is 0.977. The van der Waals surface area contributed by atoms with E-state index in [9.17, 15) is 4.79 Å². The Labute approximate surface area is 73.4 Å². The molecule has 0 aromatic carbocycles. The highest BCUT2D eigenvalue weighted by Gasteiger charge is 2.28. The van der Waals surface area contributed by atoms with Crippen LogP contribution in [-0.4, -0.2) is 12.5 Å². The Morgan fingerprint density at radius 3 is 2.83 bits per heavy atom. The molecule has 0 aromatic rings. The van der Waals surface area contributed by atoms with Crippen LogP contribution in [0, 0.1) is 5.92 Å². The van der Waals surface area contributed by atoms with E-state index in [0.717, 1.165) is 18.4 Å². The van der Waals surface area contributed by atoms with E-state index < -0.39 is 0 Å². The molecule has 2 heteroatoms. The molecule has 1 aliphatic carbocycles. The summed E-state index contributed by atoms with van der Waals surface area (Å²) in [6.45, 7) is 6.22. The predicted molar refractivity (Wildman–Crippen MR) is 49.7 cm³/mol. The van der Waals surface area contributed by atoms with Gasteiger partial charge in [0, 0.05) is 12.5 Å². The summed E-state index contributed by atoms with van der Waals surface area (Å²) in [6, 6.07) is 0. The molecule has 2 nitrogen and oxygen atoms in total. The van der Waals surface area contributed by atoms with Gasteiger partial charge in [0.05, 0.1) is 0 Å². The maximum absolute atomic E-state index is 11.1. The second-order valence-electron chi connectivity index (χ2n) is 3.24. The Bertz CT molecular complexity index is 214. The summed E-state index contributed by atoms with van der Waals surface area (Å²) in [5.74, 6) is 0.508. The molecular formula is C10H15NO. The van der Waals surface area contributed by atoms with Crippen molar-refractivity contribution in [3.8, 4) is 0 Å². The summed E-state index contributed by atoms with van der Waals surface area (Å²) in [4.78, 5) is 11.1. The molecule has 0 aromatic heterocycles. The van der Waals surface area contributed by atoms with Gasteiger partial charge < -0.3 is 5.32 Å². The first-order valence-electron chi connectivity index (χ1n) is 4.30. The Morgan fingerprint density at radius 2 is 2.33 bits per heavy atom. The first-order valence-corrected chi connectivity index (χ1v) is 4.30. The van der Waals surface area contributed by atoms with Crippen LogP contribution in [0.5, 0.6) is 0 Å². The highest BCUT2D eigenvalue weighted by Crippen LogP contribution is 2.28. The third kappa shape index (κ3) is 2.91. The van der Waals surface area contributed by atoms with Gasteiger partial charge in [-0.25, -0.2) is 0 Å². The lowest BCUT2D eigenvalue weighted by Gasteiger charge is -2.02. The van der Waals surface area contributed by atoms with Gasteiger partial charge >= 0.3 is 0 Å². The van der Waals surface area contributed by atoms with Crippen LogP contribution < -0.4 is 5.32 Å². The molecule has 0 radical (unpaired) electrons. The number of hydrogen-bond donors (Lipinski definition) is 1. The van der Waals surface area contributed by atoms with Crippen molar-refractivity contribution in [2.75, 3.05) is 6.54 Å². The predicted octanol–water partition coefficient (Wildman–Crippen LogP) is 1.64. The molecule has 1 saturated carbocycles. The third-order valence-corrected chi connectivity index (χ3v) is 1.89. The first-order chi connectivity index (χ1) is 5.74. The minimum absolute atomic E-state index is 0.201. The number of amides is 1. The Balaban J connectivity index is 2.19. The molecule has 1 rings (SSSR count). The molecule has 1 amide bonds. The topological polar surface area (TPSA) is 29.1 Å². The second-order valence-corrected chi connectivity index (χ2v) is 3.24. The van der Waals surface area contributed by atoms with E-state index >= 15 is 0 Å². The van der Waals surface area contributed by atoms with E-state index in [1.54, 1.807) is 6.08 Å². The van der Waals surface area contributed by atoms with Crippen LogP contribution in [0.4, 0.5) is 0 Å². The van der Waals surface area contributed by atoms with Crippen LogP contribution in [0.25, 0.3) is 0 Å². The zero-order chi connectivity index (χ0) is 8.97. The van der Waals surface area contributed by atoms with Gasteiger partial charge in [-0.3, -0.25) is 4.79 Å². The minimum atomic E-state index is 0.201.